The smallest absolute Gasteiger partial charge is 0.259 e. The van der Waals surface area contributed by atoms with Crippen LogP contribution >= 0.6 is 0 Å². The van der Waals surface area contributed by atoms with Gasteiger partial charge >= 0.3 is 0 Å². The number of likely N-dealkylation sites (tertiary alicyclic amines) is 1. The standard InChI is InChI=1S/C21H19N5O3/c1-25-10-13(15-5-2-3-7-17(15)25)9-18(27)26-11-14(12-26)21-23-19(24-29-21)16-6-4-8-22-20(16)28/h2-8,10,14H,9,11-12H2,1H3,(H,22,28). The van der Waals surface area contributed by atoms with Gasteiger partial charge in [0.1, 0.15) is 0 Å². The first-order valence-electron chi connectivity index (χ1n) is 9.42. The predicted molar refractivity (Wildman–Crippen MR) is 106 cm³/mol. The fourth-order valence-corrected chi connectivity index (χ4v) is 3.79. The first-order valence-corrected chi connectivity index (χ1v) is 9.42. The molecule has 4 heterocycles. The molecule has 29 heavy (non-hydrogen) atoms. The number of nitrogens with one attached hydrogen (secondary N) is 1. The van der Waals surface area contributed by atoms with Crippen molar-refractivity contribution in [3.05, 3.63) is 70.6 Å². The zero-order valence-electron chi connectivity index (χ0n) is 15.8. The summed E-state index contributed by atoms with van der Waals surface area (Å²) >= 11 is 0. The molecule has 1 aliphatic heterocycles. The van der Waals surface area contributed by atoms with Crippen LogP contribution in [0, 0.1) is 0 Å². The minimum Gasteiger partial charge on any atom is -0.350 e. The Morgan fingerprint density at radius 1 is 1.24 bits per heavy atom. The van der Waals surface area contributed by atoms with Crippen molar-refractivity contribution in [2.75, 3.05) is 13.1 Å². The lowest BCUT2D eigenvalue weighted by Crippen LogP contribution is -2.49. The van der Waals surface area contributed by atoms with Gasteiger partial charge in [0.05, 0.1) is 17.9 Å². The molecule has 4 aromatic rings. The molecule has 0 atom stereocenters. The first kappa shape index (κ1) is 17.4. The molecule has 0 unspecified atom stereocenters. The van der Waals surface area contributed by atoms with E-state index in [2.05, 4.69) is 15.1 Å². The number of benzene rings is 1. The summed E-state index contributed by atoms with van der Waals surface area (Å²) < 4.78 is 7.37. The number of aromatic nitrogens is 4. The topological polar surface area (TPSA) is 97.0 Å². The van der Waals surface area contributed by atoms with Gasteiger partial charge in [0.15, 0.2) is 0 Å². The van der Waals surface area contributed by atoms with Gasteiger partial charge < -0.3 is 19.0 Å². The largest absolute Gasteiger partial charge is 0.350 e. The van der Waals surface area contributed by atoms with Crippen LogP contribution in [0.4, 0.5) is 0 Å². The molecule has 3 aromatic heterocycles. The van der Waals surface area contributed by atoms with Crippen LogP contribution in [0.1, 0.15) is 17.4 Å². The number of nitrogens with zero attached hydrogens (tertiary/aromatic N) is 4. The van der Waals surface area contributed by atoms with Gasteiger partial charge in [-0.25, -0.2) is 0 Å². The van der Waals surface area contributed by atoms with Crippen molar-refractivity contribution < 1.29 is 9.32 Å². The highest BCUT2D eigenvalue weighted by Crippen LogP contribution is 2.28. The van der Waals surface area contributed by atoms with E-state index >= 15 is 0 Å². The van der Waals surface area contributed by atoms with E-state index in [4.69, 9.17) is 4.52 Å². The number of aromatic amines is 1. The van der Waals surface area contributed by atoms with E-state index in [-0.39, 0.29) is 23.2 Å². The summed E-state index contributed by atoms with van der Waals surface area (Å²) in [5.41, 5.74) is 2.25. The van der Waals surface area contributed by atoms with Gasteiger partial charge in [-0.05, 0) is 23.8 Å². The quantitative estimate of drug-likeness (QED) is 0.576. The Bertz CT molecular complexity index is 1260. The summed E-state index contributed by atoms with van der Waals surface area (Å²) in [4.78, 5) is 33.3. The van der Waals surface area contributed by atoms with E-state index < -0.39 is 0 Å². The maximum absolute atomic E-state index is 12.7. The first-order chi connectivity index (χ1) is 14.1. The van der Waals surface area contributed by atoms with Crippen LogP contribution < -0.4 is 5.56 Å². The zero-order chi connectivity index (χ0) is 20.0. The van der Waals surface area contributed by atoms with Gasteiger partial charge in [-0.1, -0.05) is 23.4 Å². The van der Waals surface area contributed by atoms with Gasteiger partial charge in [0.2, 0.25) is 17.6 Å². The fraction of sp³-hybridized carbons (Fsp3) is 0.238. The second-order valence-corrected chi connectivity index (χ2v) is 7.32. The number of H-pyrrole nitrogens is 1. The second kappa shape index (κ2) is 6.73. The maximum Gasteiger partial charge on any atom is 0.259 e. The summed E-state index contributed by atoms with van der Waals surface area (Å²) in [6.07, 6.45) is 3.93. The lowest BCUT2D eigenvalue weighted by Gasteiger charge is -2.37. The molecule has 0 aliphatic carbocycles. The normalized spacial score (nSPS) is 14.3. The van der Waals surface area contributed by atoms with Crippen LogP contribution in [0.25, 0.3) is 22.3 Å². The second-order valence-electron chi connectivity index (χ2n) is 7.32. The Morgan fingerprint density at radius 2 is 2.07 bits per heavy atom. The number of aryl methyl sites for hydroxylation is 1. The number of pyridine rings is 1. The van der Waals surface area contributed by atoms with Gasteiger partial charge in [0.25, 0.3) is 5.56 Å². The highest BCUT2D eigenvalue weighted by molar-refractivity contribution is 5.89. The Balaban J connectivity index is 1.26. The zero-order valence-corrected chi connectivity index (χ0v) is 15.8. The average Bonchev–Trinajstić information content (AvgIpc) is 3.27. The Morgan fingerprint density at radius 3 is 2.90 bits per heavy atom. The van der Waals surface area contributed by atoms with Crippen molar-refractivity contribution in [2.24, 2.45) is 7.05 Å². The van der Waals surface area contributed by atoms with E-state index in [0.717, 1.165) is 16.5 Å². The number of fused-ring (bicyclic) bond motifs is 1. The van der Waals surface area contributed by atoms with E-state index in [0.29, 0.717) is 31.0 Å². The molecule has 1 N–H and O–H groups in total. The number of hydrogen-bond acceptors (Lipinski definition) is 5. The van der Waals surface area contributed by atoms with Crippen molar-refractivity contribution in [1.29, 1.82) is 0 Å². The molecule has 0 spiro atoms. The molecule has 1 fully saturated rings. The summed E-state index contributed by atoms with van der Waals surface area (Å²) in [6, 6.07) is 11.4. The maximum atomic E-state index is 12.7. The lowest BCUT2D eigenvalue weighted by atomic mass is 9.98. The van der Waals surface area contributed by atoms with Gasteiger partial charge in [-0.3, -0.25) is 9.59 Å². The van der Waals surface area contributed by atoms with Crippen molar-refractivity contribution in [2.45, 2.75) is 12.3 Å². The van der Waals surface area contributed by atoms with Crippen LogP contribution in [0.3, 0.4) is 0 Å². The number of para-hydroxylation sites is 1. The Kier molecular flexibility index (Phi) is 4.04. The van der Waals surface area contributed by atoms with Crippen LogP contribution in [0.2, 0.25) is 0 Å². The van der Waals surface area contributed by atoms with Crippen LogP contribution in [-0.2, 0) is 18.3 Å². The molecule has 146 valence electrons. The SMILES string of the molecule is Cn1cc(CC(=O)N2CC(c3nc(-c4ccc[nH]c4=O)no3)C2)c2ccccc21. The molecular formula is C21H19N5O3. The summed E-state index contributed by atoms with van der Waals surface area (Å²) in [6.45, 7) is 1.08. The molecule has 0 radical (unpaired) electrons. The highest BCUT2D eigenvalue weighted by atomic mass is 16.5. The van der Waals surface area contributed by atoms with E-state index in [1.54, 1.807) is 23.2 Å². The summed E-state index contributed by atoms with van der Waals surface area (Å²) in [7, 11) is 1.99. The van der Waals surface area contributed by atoms with E-state index in [1.165, 1.54) is 0 Å². The van der Waals surface area contributed by atoms with Crippen molar-refractivity contribution >= 4 is 16.8 Å². The molecule has 1 saturated heterocycles. The molecule has 1 aliphatic rings. The summed E-state index contributed by atoms with van der Waals surface area (Å²) in [5, 5.41) is 5.02. The molecule has 8 heteroatoms. The number of amides is 1. The number of hydrogen-bond donors (Lipinski definition) is 1. The van der Waals surface area contributed by atoms with Crippen LogP contribution in [0.15, 0.2) is 58.1 Å². The molecular weight excluding hydrogens is 370 g/mol. The fourth-order valence-electron chi connectivity index (χ4n) is 3.79. The van der Waals surface area contributed by atoms with Crippen LogP contribution in [-0.4, -0.2) is 43.6 Å². The Labute approximate surface area is 165 Å². The third kappa shape index (κ3) is 3.02. The number of rotatable bonds is 4. The van der Waals surface area contributed by atoms with Gasteiger partial charge in [-0.15, -0.1) is 0 Å². The molecule has 1 aromatic carbocycles. The summed E-state index contributed by atoms with van der Waals surface area (Å²) in [5.74, 6) is 0.798. The number of carbonyl (C=O) groups is 1. The van der Waals surface area contributed by atoms with Crippen molar-refractivity contribution in [1.82, 2.24) is 24.6 Å². The number of carbonyl (C=O) groups excluding carboxylic acids is 1. The predicted octanol–water partition coefficient (Wildman–Crippen LogP) is 2.09. The monoisotopic (exact) mass is 389 g/mol. The van der Waals surface area contributed by atoms with E-state index in [1.807, 2.05) is 42.1 Å². The van der Waals surface area contributed by atoms with Gasteiger partial charge in [0, 0.05) is 43.4 Å². The minimum absolute atomic E-state index is 0.00416. The molecule has 5 rings (SSSR count). The lowest BCUT2D eigenvalue weighted by molar-refractivity contribution is -0.135. The third-order valence-corrected chi connectivity index (χ3v) is 5.41. The Hall–Kier alpha value is -3.68. The van der Waals surface area contributed by atoms with Crippen molar-refractivity contribution in [3.63, 3.8) is 0 Å². The molecule has 0 saturated carbocycles. The minimum atomic E-state index is -0.264. The van der Waals surface area contributed by atoms with Crippen molar-refractivity contribution in [3.8, 4) is 11.4 Å². The van der Waals surface area contributed by atoms with Crippen LogP contribution in [0.5, 0.6) is 0 Å². The molecule has 0 bridgehead atoms. The van der Waals surface area contributed by atoms with Gasteiger partial charge in [-0.2, -0.15) is 4.98 Å². The molecule has 1 amide bonds. The third-order valence-electron chi connectivity index (χ3n) is 5.41. The molecule has 8 nitrogen and oxygen atoms in total. The highest BCUT2D eigenvalue weighted by Gasteiger charge is 2.35. The average molecular weight is 389 g/mol. The van der Waals surface area contributed by atoms with E-state index in [9.17, 15) is 9.59 Å².